The molecular formula is C21H28BrIN4O2. The molecule has 1 amide bonds. The Morgan fingerprint density at radius 2 is 1.97 bits per heavy atom. The van der Waals surface area contributed by atoms with Crippen molar-refractivity contribution in [1.29, 1.82) is 0 Å². The first-order chi connectivity index (χ1) is 13.5. The van der Waals surface area contributed by atoms with Crippen LogP contribution in [0.5, 0.6) is 0 Å². The van der Waals surface area contributed by atoms with Crippen molar-refractivity contribution in [3.8, 4) is 0 Å². The van der Waals surface area contributed by atoms with Gasteiger partial charge in [0, 0.05) is 42.1 Å². The fourth-order valence-corrected chi connectivity index (χ4v) is 3.59. The third kappa shape index (κ3) is 6.47. The molecular weight excluding hydrogens is 547 g/mol. The summed E-state index contributed by atoms with van der Waals surface area (Å²) in [5, 5.41) is 9.62. The lowest BCUT2D eigenvalue weighted by Gasteiger charge is -2.19. The van der Waals surface area contributed by atoms with Gasteiger partial charge in [-0.25, -0.2) is 0 Å². The monoisotopic (exact) mass is 574 g/mol. The second-order valence-corrected chi connectivity index (χ2v) is 8.10. The zero-order valence-corrected chi connectivity index (χ0v) is 20.7. The fourth-order valence-electron chi connectivity index (χ4n) is 3.19. The minimum Gasteiger partial charge on any atom is -0.459 e. The Kier molecular flexibility index (Phi) is 9.01. The highest BCUT2D eigenvalue weighted by atomic mass is 127. The number of carbonyl (C=O) groups excluding carboxylic acids is 1. The van der Waals surface area contributed by atoms with Gasteiger partial charge in [0.05, 0.1) is 6.26 Å². The van der Waals surface area contributed by atoms with E-state index in [4.69, 9.17) is 4.42 Å². The van der Waals surface area contributed by atoms with Crippen LogP contribution in [0.4, 0.5) is 0 Å². The number of carbonyl (C=O) groups is 1. The first kappa shape index (κ1) is 23.7. The molecule has 1 aliphatic carbocycles. The number of aryl methyl sites for hydroxylation is 1. The van der Waals surface area contributed by atoms with Gasteiger partial charge in [-0.2, -0.15) is 0 Å². The van der Waals surface area contributed by atoms with Crippen molar-refractivity contribution in [2.75, 3.05) is 26.7 Å². The molecule has 0 unspecified atom stereocenters. The Morgan fingerprint density at radius 3 is 2.59 bits per heavy atom. The quantitative estimate of drug-likeness (QED) is 0.193. The van der Waals surface area contributed by atoms with Crippen LogP contribution in [0.15, 0.2) is 50.5 Å². The van der Waals surface area contributed by atoms with E-state index in [-0.39, 0.29) is 35.3 Å². The number of amides is 1. The van der Waals surface area contributed by atoms with Crippen LogP contribution in [0.3, 0.4) is 0 Å². The first-order valence-corrected chi connectivity index (χ1v) is 10.4. The van der Waals surface area contributed by atoms with Crippen molar-refractivity contribution >= 4 is 51.8 Å². The van der Waals surface area contributed by atoms with E-state index in [2.05, 4.69) is 61.1 Å². The highest BCUT2D eigenvalue weighted by molar-refractivity contribution is 14.0. The van der Waals surface area contributed by atoms with E-state index in [1.165, 1.54) is 24.7 Å². The van der Waals surface area contributed by atoms with Crippen molar-refractivity contribution in [3.63, 3.8) is 0 Å². The summed E-state index contributed by atoms with van der Waals surface area (Å²) in [6.45, 7) is 4.01. The van der Waals surface area contributed by atoms with E-state index >= 15 is 0 Å². The number of hydrogen-bond acceptors (Lipinski definition) is 3. The molecule has 1 fully saturated rings. The van der Waals surface area contributed by atoms with Gasteiger partial charge in [-0.3, -0.25) is 9.79 Å². The maximum Gasteiger partial charge on any atom is 0.287 e. The summed E-state index contributed by atoms with van der Waals surface area (Å²) in [6.07, 6.45) is 4.70. The predicted octanol–water partition coefficient (Wildman–Crippen LogP) is 3.99. The molecule has 1 aromatic carbocycles. The standard InChI is InChI=1S/C21H27BrN4O2.HI/c1-15-7-12-28-18(15)19(27)24-10-4-11-25-20(23-2)26-14-21(8-9-21)16-5-3-6-17(22)13-16;/h3,5-7,12-13H,4,8-11,14H2,1-2H3,(H,24,27)(H2,23,25,26);1H. The highest BCUT2D eigenvalue weighted by Gasteiger charge is 2.44. The third-order valence-corrected chi connectivity index (χ3v) is 5.60. The van der Waals surface area contributed by atoms with Gasteiger partial charge < -0.3 is 20.4 Å². The van der Waals surface area contributed by atoms with Crippen LogP contribution in [0.2, 0.25) is 0 Å². The van der Waals surface area contributed by atoms with Crippen molar-refractivity contribution in [2.24, 2.45) is 4.99 Å². The number of furan rings is 1. The topological polar surface area (TPSA) is 78.7 Å². The predicted molar refractivity (Wildman–Crippen MR) is 130 cm³/mol. The molecule has 0 saturated heterocycles. The van der Waals surface area contributed by atoms with Crippen molar-refractivity contribution in [2.45, 2.75) is 31.6 Å². The summed E-state index contributed by atoms with van der Waals surface area (Å²) >= 11 is 3.56. The lowest BCUT2D eigenvalue weighted by Crippen LogP contribution is -2.42. The summed E-state index contributed by atoms with van der Waals surface area (Å²) < 4.78 is 6.31. The summed E-state index contributed by atoms with van der Waals surface area (Å²) in [5.41, 5.74) is 2.41. The minimum absolute atomic E-state index is 0. The molecule has 29 heavy (non-hydrogen) atoms. The molecule has 1 aromatic heterocycles. The molecule has 0 atom stereocenters. The molecule has 6 nitrogen and oxygen atoms in total. The molecule has 0 radical (unpaired) electrons. The SMILES string of the molecule is CN=C(NCCCNC(=O)c1occc1C)NCC1(c2cccc(Br)c2)CC1.I. The molecule has 158 valence electrons. The molecule has 1 saturated carbocycles. The molecule has 3 rings (SSSR count). The van der Waals surface area contributed by atoms with Crippen molar-refractivity contribution in [3.05, 3.63) is 58.0 Å². The average molecular weight is 575 g/mol. The van der Waals surface area contributed by atoms with E-state index in [0.29, 0.717) is 12.3 Å². The lowest BCUT2D eigenvalue weighted by molar-refractivity contribution is 0.0925. The second-order valence-electron chi connectivity index (χ2n) is 7.19. The minimum atomic E-state index is -0.172. The molecule has 3 N–H and O–H groups in total. The zero-order chi connectivity index (χ0) is 20.0. The Labute approximate surface area is 197 Å². The van der Waals surface area contributed by atoms with E-state index in [0.717, 1.165) is 35.5 Å². The van der Waals surface area contributed by atoms with Crippen LogP contribution in [-0.4, -0.2) is 38.5 Å². The van der Waals surface area contributed by atoms with Gasteiger partial charge in [0.25, 0.3) is 5.91 Å². The number of hydrogen-bond donors (Lipinski definition) is 3. The summed E-state index contributed by atoms with van der Waals surface area (Å²) in [4.78, 5) is 16.3. The molecule has 2 aromatic rings. The number of guanidine groups is 1. The van der Waals surface area contributed by atoms with Crippen molar-refractivity contribution < 1.29 is 9.21 Å². The lowest BCUT2D eigenvalue weighted by atomic mass is 9.96. The summed E-state index contributed by atoms with van der Waals surface area (Å²) in [7, 11) is 1.77. The van der Waals surface area contributed by atoms with Gasteiger partial charge in [0.15, 0.2) is 11.7 Å². The van der Waals surface area contributed by atoms with Crippen molar-refractivity contribution in [1.82, 2.24) is 16.0 Å². The maximum atomic E-state index is 12.0. The number of nitrogens with zero attached hydrogens (tertiary/aromatic N) is 1. The van der Waals surface area contributed by atoms with Crippen LogP contribution in [0.1, 0.15) is 40.9 Å². The largest absolute Gasteiger partial charge is 0.459 e. The number of halogens is 2. The smallest absolute Gasteiger partial charge is 0.287 e. The average Bonchev–Trinajstić information content (AvgIpc) is 3.36. The molecule has 1 heterocycles. The molecule has 1 aliphatic rings. The van der Waals surface area contributed by atoms with Gasteiger partial charge in [0.1, 0.15) is 0 Å². The van der Waals surface area contributed by atoms with E-state index < -0.39 is 0 Å². The maximum absolute atomic E-state index is 12.0. The van der Waals surface area contributed by atoms with Crippen LogP contribution >= 0.6 is 39.9 Å². The van der Waals surface area contributed by atoms with E-state index in [1.54, 1.807) is 13.1 Å². The Morgan fingerprint density at radius 1 is 1.21 bits per heavy atom. The second kappa shape index (κ2) is 11.0. The Balaban J connectivity index is 0.00000300. The number of rotatable bonds is 8. The van der Waals surface area contributed by atoms with Crippen LogP contribution in [-0.2, 0) is 5.41 Å². The number of benzene rings is 1. The van der Waals surface area contributed by atoms with Crippen LogP contribution in [0, 0.1) is 6.92 Å². The Bertz CT molecular complexity index is 849. The third-order valence-electron chi connectivity index (χ3n) is 5.11. The van der Waals surface area contributed by atoms with Crippen LogP contribution in [0.25, 0.3) is 0 Å². The van der Waals surface area contributed by atoms with Crippen LogP contribution < -0.4 is 16.0 Å². The fraction of sp³-hybridized carbons (Fsp3) is 0.429. The summed E-state index contributed by atoms with van der Waals surface area (Å²) in [6, 6.07) is 10.3. The van der Waals surface area contributed by atoms with Gasteiger partial charge in [-0.1, -0.05) is 28.1 Å². The molecule has 0 spiro atoms. The number of aliphatic imine (C=N–C) groups is 1. The van der Waals surface area contributed by atoms with E-state index in [9.17, 15) is 4.79 Å². The van der Waals surface area contributed by atoms with Gasteiger partial charge in [-0.15, -0.1) is 24.0 Å². The zero-order valence-electron chi connectivity index (χ0n) is 16.8. The van der Waals surface area contributed by atoms with Gasteiger partial charge in [0.2, 0.25) is 0 Å². The molecule has 0 aliphatic heterocycles. The normalized spacial score (nSPS) is 14.7. The Hall–Kier alpha value is -1.55. The van der Waals surface area contributed by atoms with Gasteiger partial charge in [-0.05, 0) is 49.9 Å². The molecule has 8 heteroatoms. The highest BCUT2D eigenvalue weighted by Crippen LogP contribution is 2.48. The molecule has 0 bridgehead atoms. The first-order valence-electron chi connectivity index (χ1n) is 9.57. The van der Waals surface area contributed by atoms with Gasteiger partial charge >= 0.3 is 0 Å². The number of nitrogens with one attached hydrogen (secondary N) is 3. The summed E-state index contributed by atoms with van der Waals surface area (Å²) in [5.74, 6) is 0.997. The van der Waals surface area contributed by atoms with E-state index in [1.807, 2.05) is 6.92 Å².